The number of nitrogens with one attached hydrogen (secondary N) is 1. The Morgan fingerprint density at radius 1 is 1.47 bits per heavy atom. The maximum atomic E-state index is 11.2. The lowest BCUT2D eigenvalue weighted by Crippen LogP contribution is -2.27. The molecule has 0 bridgehead atoms. The molecule has 1 N–H and O–H groups in total. The van der Waals surface area contributed by atoms with Crippen LogP contribution in [0, 0.1) is 11.2 Å². The standard InChI is InChI=1S/C13H13IN2O2S/c1-16(8-6-13(18)15-10-17)12-4-2-11(3-5-12)7-9-19-14/h2-5,10H,6,8H2,1H3,(H,15,17,18). The molecule has 0 saturated carbocycles. The molecule has 0 saturated heterocycles. The molecule has 2 amide bonds. The lowest BCUT2D eigenvalue weighted by molar-refractivity contribution is -0.125. The van der Waals surface area contributed by atoms with Gasteiger partial charge in [-0.15, -0.1) is 0 Å². The van der Waals surface area contributed by atoms with Crippen LogP contribution in [-0.4, -0.2) is 25.9 Å². The van der Waals surface area contributed by atoms with E-state index in [0.29, 0.717) is 13.0 Å². The van der Waals surface area contributed by atoms with Crippen molar-refractivity contribution < 1.29 is 9.59 Å². The van der Waals surface area contributed by atoms with E-state index >= 15 is 0 Å². The molecule has 0 atom stereocenters. The van der Waals surface area contributed by atoms with Gasteiger partial charge in [0, 0.05) is 52.5 Å². The number of hydrogen-bond donors (Lipinski definition) is 1. The van der Waals surface area contributed by atoms with Crippen LogP contribution in [0.25, 0.3) is 0 Å². The first-order valence-electron chi connectivity index (χ1n) is 5.50. The van der Waals surface area contributed by atoms with Gasteiger partial charge in [-0.3, -0.25) is 14.9 Å². The quantitative estimate of drug-likeness (QED) is 0.477. The molecule has 0 unspecified atom stereocenters. The molecule has 4 nitrogen and oxygen atoms in total. The van der Waals surface area contributed by atoms with Gasteiger partial charge in [0.15, 0.2) is 0 Å². The third-order valence-electron chi connectivity index (χ3n) is 2.44. The van der Waals surface area contributed by atoms with Gasteiger partial charge in [-0.25, -0.2) is 0 Å². The molecule has 0 aliphatic rings. The first-order valence-corrected chi connectivity index (χ1v) is 8.86. The van der Waals surface area contributed by atoms with Gasteiger partial charge in [0.1, 0.15) is 0 Å². The molecule has 6 heteroatoms. The fourth-order valence-corrected chi connectivity index (χ4v) is 1.90. The zero-order chi connectivity index (χ0) is 14.1. The smallest absolute Gasteiger partial charge is 0.228 e. The SMILES string of the molecule is CN(CCC(=O)NC=O)c1ccc(C#CSI)cc1. The highest BCUT2D eigenvalue weighted by atomic mass is 127. The van der Waals surface area contributed by atoms with Gasteiger partial charge in [0.25, 0.3) is 0 Å². The molecule has 1 aromatic rings. The molecule has 0 aliphatic heterocycles. The second-order valence-corrected chi connectivity index (χ2v) is 5.39. The predicted octanol–water partition coefficient (Wildman–Crippen LogP) is 2.18. The molecule has 19 heavy (non-hydrogen) atoms. The minimum absolute atomic E-state index is 0.275. The topological polar surface area (TPSA) is 49.4 Å². The van der Waals surface area contributed by atoms with Crippen LogP contribution in [-0.2, 0) is 9.59 Å². The van der Waals surface area contributed by atoms with Gasteiger partial charge in [-0.2, -0.15) is 0 Å². The van der Waals surface area contributed by atoms with Crippen molar-refractivity contribution in [2.24, 2.45) is 0 Å². The third kappa shape index (κ3) is 5.98. The number of hydrogen-bond acceptors (Lipinski definition) is 4. The number of amides is 2. The average Bonchev–Trinajstić information content (AvgIpc) is 2.43. The summed E-state index contributed by atoms with van der Waals surface area (Å²) in [6.45, 7) is 0.550. The number of halogens is 1. The zero-order valence-corrected chi connectivity index (χ0v) is 13.3. The largest absolute Gasteiger partial charge is 0.374 e. The number of nitrogens with zero attached hydrogens (tertiary/aromatic N) is 1. The summed E-state index contributed by atoms with van der Waals surface area (Å²) in [7, 11) is 3.35. The molecule has 0 fully saturated rings. The number of benzene rings is 1. The van der Waals surface area contributed by atoms with Crippen molar-refractivity contribution in [1.82, 2.24) is 5.32 Å². The van der Waals surface area contributed by atoms with Crippen molar-refractivity contribution in [3.05, 3.63) is 29.8 Å². The summed E-state index contributed by atoms with van der Waals surface area (Å²) in [5.74, 6) is 2.74. The first-order chi connectivity index (χ1) is 9.17. The van der Waals surface area contributed by atoms with E-state index in [1.165, 1.54) is 8.93 Å². The Kier molecular flexibility index (Phi) is 7.36. The summed E-state index contributed by atoms with van der Waals surface area (Å²) in [4.78, 5) is 23.2. The molecule has 100 valence electrons. The summed E-state index contributed by atoms with van der Waals surface area (Å²) in [6.07, 6.45) is 0.684. The second-order valence-electron chi connectivity index (χ2n) is 3.71. The van der Waals surface area contributed by atoms with E-state index in [1.807, 2.05) is 36.2 Å². The van der Waals surface area contributed by atoms with Gasteiger partial charge >= 0.3 is 0 Å². The van der Waals surface area contributed by atoms with Crippen molar-refractivity contribution in [3.8, 4) is 11.2 Å². The van der Waals surface area contributed by atoms with E-state index < -0.39 is 0 Å². The Hall–Kier alpha value is -1.20. The van der Waals surface area contributed by atoms with Crippen LogP contribution in [0.1, 0.15) is 12.0 Å². The molecule has 0 aliphatic carbocycles. The highest BCUT2D eigenvalue weighted by molar-refractivity contribution is 14.2. The highest BCUT2D eigenvalue weighted by Gasteiger charge is 2.04. The Labute approximate surface area is 128 Å². The van der Waals surface area contributed by atoms with E-state index in [2.05, 4.69) is 37.7 Å². The van der Waals surface area contributed by atoms with E-state index in [-0.39, 0.29) is 12.3 Å². The van der Waals surface area contributed by atoms with E-state index in [0.717, 1.165) is 11.3 Å². The van der Waals surface area contributed by atoms with Crippen LogP contribution < -0.4 is 10.2 Å². The van der Waals surface area contributed by atoms with Crippen LogP contribution in [0.15, 0.2) is 24.3 Å². The maximum absolute atomic E-state index is 11.2. The molecule has 0 aromatic heterocycles. The maximum Gasteiger partial charge on any atom is 0.228 e. The van der Waals surface area contributed by atoms with Crippen LogP contribution in [0.2, 0.25) is 0 Å². The summed E-state index contributed by atoms with van der Waals surface area (Å²) in [5, 5.41) is 5.04. The summed E-state index contributed by atoms with van der Waals surface area (Å²) in [6, 6.07) is 7.80. The van der Waals surface area contributed by atoms with Crippen LogP contribution >= 0.6 is 30.1 Å². The number of carbonyl (C=O) groups is 2. The molecular weight excluding hydrogens is 375 g/mol. The third-order valence-corrected chi connectivity index (χ3v) is 3.28. The van der Waals surface area contributed by atoms with E-state index in [1.54, 1.807) is 0 Å². The Bertz CT molecular complexity index is 494. The first kappa shape index (κ1) is 15.9. The normalized spacial score (nSPS) is 9.16. The molecule has 0 radical (unpaired) electrons. The van der Waals surface area contributed by atoms with E-state index in [4.69, 9.17) is 0 Å². The monoisotopic (exact) mass is 388 g/mol. The number of carbonyl (C=O) groups excluding carboxylic acids is 2. The molecule has 1 rings (SSSR count). The van der Waals surface area contributed by atoms with Gasteiger partial charge in [-0.05, 0) is 38.5 Å². The minimum atomic E-state index is -0.275. The zero-order valence-electron chi connectivity index (χ0n) is 10.4. The average molecular weight is 388 g/mol. The number of rotatable bonds is 5. The van der Waals surface area contributed by atoms with Gasteiger partial charge in [-0.1, -0.05) is 5.92 Å². The van der Waals surface area contributed by atoms with E-state index in [9.17, 15) is 9.59 Å². The summed E-state index contributed by atoms with van der Waals surface area (Å²) < 4.78 is 0. The Balaban J connectivity index is 2.55. The van der Waals surface area contributed by atoms with Gasteiger partial charge < -0.3 is 4.90 Å². The molecule has 0 heterocycles. The Morgan fingerprint density at radius 2 is 2.16 bits per heavy atom. The van der Waals surface area contributed by atoms with Crippen molar-refractivity contribution >= 4 is 48.1 Å². The number of anilines is 1. The fraction of sp³-hybridized carbons (Fsp3) is 0.231. The lowest BCUT2D eigenvalue weighted by Gasteiger charge is -2.18. The van der Waals surface area contributed by atoms with Crippen molar-refractivity contribution in [2.45, 2.75) is 6.42 Å². The lowest BCUT2D eigenvalue weighted by atomic mass is 10.2. The van der Waals surface area contributed by atoms with Crippen LogP contribution in [0.3, 0.4) is 0 Å². The summed E-state index contributed by atoms with van der Waals surface area (Å²) >= 11 is 2.13. The highest BCUT2D eigenvalue weighted by Crippen LogP contribution is 2.14. The van der Waals surface area contributed by atoms with Crippen molar-refractivity contribution in [2.75, 3.05) is 18.5 Å². The molecule has 1 aromatic carbocycles. The molecular formula is C13H13IN2O2S. The predicted molar refractivity (Wildman–Crippen MR) is 87.0 cm³/mol. The fourth-order valence-electron chi connectivity index (χ4n) is 1.41. The van der Waals surface area contributed by atoms with Crippen molar-refractivity contribution in [1.29, 1.82) is 0 Å². The van der Waals surface area contributed by atoms with Gasteiger partial charge in [0.05, 0.1) is 0 Å². The summed E-state index contributed by atoms with van der Waals surface area (Å²) in [5.41, 5.74) is 1.96. The number of imide groups is 1. The van der Waals surface area contributed by atoms with Crippen LogP contribution in [0.5, 0.6) is 0 Å². The minimum Gasteiger partial charge on any atom is -0.374 e. The van der Waals surface area contributed by atoms with Crippen molar-refractivity contribution in [3.63, 3.8) is 0 Å². The molecule has 0 spiro atoms. The Morgan fingerprint density at radius 3 is 2.74 bits per heavy atom. The second kappa shape index (κ2) is 8.82. The van der Waals surface area contributed by atoms with Crippen LogP contribution in [0.4, 0.5) is 5.69 Å². The van der Waals surface area contributed by atoms with Gasteiger partial charge in [0.2, 0.25) is 12.3 Å².